The summed E-state index contributed by atoms with van der Waals surface area (Å²) in [6.45, 7) is 0.570. The van der Waals surface area contributed by atoms with Gasteiger partial charge in [-0.1, -0.05) is 0 Å². The zero-order valence-electron chi connectivity index (χ0n) is 9.84. The number of nitro groups is 1. The van der Waals surface area contributed by atoms with Crippen molar-refractivity contribution in [2.45, 2.75) is 6.54 Å². The number of ether oxygens (including phenoxy) is 1. The smallest absolute Gasteiger partial charge is 0.271 e. The standard InChI is InChI=1S/C12H13N3O3/c1-18-12-3-2-10(15(16)17)6-11(12)14-8-9-4-5-13-7-9/h2-7,13-14H,8H2,1H3. The van der Waals surface area contributed by atoms with Gasteiger partial charge < -0.3 is 15.0 Å². The summed E-state index contributed by atoms with van der Waals surface area (Å²) >= 11 is 0. The van der Waals surface area contributed by atoms with Gasteiger partial charge in [0.15, 0.2) is 0 Å². The quantitative estimate of drug-likeness (QED) is 0.628. The molecule has 0 radical (unpaired) electrons. The Bertz CT molecular complexity index is 538. The number of methoxy groups -OCH3 is 1. The van der Waals surface area contributed by atoms with E-state index in [1.54, 1.807) is 6.07 Å². The van der Waals surface area contributed by atoms with Crippen molar-refractivity contribution in [3.8, 4) is 5.75 Å². The third kappa shape index (κ3) is 2.60. The molecule has 0 amide bonds. The maximum Gasteiger partial charge on any atom is 0.271 e. The Balaban J connectivity index is 2.18. The first-order chi connectivity index (χ1) is 8.70. The second-order valence-corrected chi connectivity index (χ2v) is 3.71. The maximum atomic E-state index is 10.7. The molecule has 0 bridgehead atoms. The van der Waals surface area contributed by atoms with Gasteiger partial charge in [0.05, 0.1) is 17.7 Å². The van der Waals surface area contributed by atoms with Crippen molar-refractivity contribution in [1.82, 2.24) is 4.98 Å². The Morgan fingerprint density at radius 1 is 1.44 bits per heavy atom. The van der Waals surface area contributed by atoms with Gasteiger partial charge in [0.25, 0.3) is 5.69 Å². The molecule has 0 fully saturated rings. The number of non-ortho nitro benzene ring substituents is 1. The van der Waals surface area contributed by atoms with Crippen molar-refractivity contribution in [1.29, 1.82) is 0 Å². The van der Waals surface area contributed by atoms with E-state index in [1.165, 1.54) is 19.2 Å². The van der Waals surface area contributed by atoms with Crippen LogP contribution in [0.25, 0.3) is 0 Å². The first-order valence-electron chi connectivity index (χ1n) is 5.38. The molecule has 18 heavy (non-hydrogen) atoms. The van der Waals surface area contributed by atoms with E-state index >= 15 is 0 Å². The van der Waals surface area contributed by atoms with Crippen molar-refractivity contribution in [2.24, 2.45) is 0 Å². The molecule has 2 aromatic rings. The van der Waals surface area contributed by atoms with Gasteiger partial charge in [0.1, 0.15) is 5.75 Å². The monoisotopic (exact) mass is 247 g/mol. The van der Waals surface area contributed by atoms with Crippen LogP contribution in [0.3, 0.4) is 0 Å². The summed E-state index contributed by atoms with van der Waals surface area (Å²) in [5.41, 5.74) is 1.70. The Labute approximate surface area is 104 Å². The summed E-state index contributed by atoms with van der Waals surface area (Å²) in [6, 6.07) is 6.39. The van der Waals surface area contributed by atoms with Gasteiger partial charge in [-0.3, -0.25) is 10.1 Å². The molecular formula is C12H13N3O3. The molecule has 2 rings (SSSR count). The Kier molecular flexibility index (Phi) is 3.47. The number of aromatic nitrogens is 1. The Morgan fingerprint density at radius 2 is 2.28 bits per heavy atom. The minimum atomic E-state index is -0.430. The van der Waals surface area contributed by atoms with E-state index in [0.29, 0.717) is 18.0 Å². The molecule has 6 nitrogen and oxygen atoms in total. The maximum absolute atomic E-state index is 10.7. The molecule has 0 saturated heterocycles. The number of H-pyrrole nitrogens is 1. The number of nitrogens with one attached hydrogen (secondary N) is 2. The highest BCUT2D eigenvalue weighted by molar-refractivity contribution is 5.61. The minimum absolute atomic E-state index is 0.0346. The molecule has 0 unspecified atom stereocenters. The largest absolute Gasteiger partial charge is 0.495 e. The fourth-order valence-electron chi connectivity index (χ4n) is 1.61. The van der Waals surface area contributed by atoms with Crippen molar-refractivity contribution >= 4 is 11.4 Å². The fourth-order valence-corrected chi connectivity index (χ4v) is 1.61. The Hall–Kier alpha value is -2.50. The van der Waals surface area contributed by atoms with Crippen molar-refractivity contribution in [3.05, 3.63) is 52.3 Å². The number of aromatic amines is 1. The summed E-state index contributed by atoms with van der Waals surface area (Å²) in [4.78, 5) is 13.2. The van der Waals surface area contributed by atoms with E-state index in [0.717, 1.165) is 5.56 Å². The van der Waals surface area contributed by atoms with Crippen molar-refractivity contribution in [3.63, 3.8) is 0 Å². The van der Waals surface area contributed by atoms with E-state index < -0.39 is 4.92 Å². The predicted octanol–water partition coefficient (Wildman–Crippen LogP) is 2.54. The van der Waals surface area contributed by atoms with Crippen LogP contribution in [0.5, 0.6) is 5.75 Å². The Morgan fingerprint density at radius 3 is 2.89 bits per heavy atom. The topological polar surface area (TPSA) is 80.2 Å². The van der Waals surface area contributed by atoms with E-state index in [2.05, 4.69) is 10.3 Å². The van der Waals surface area contributed by atoms with E-state index in [4.69, 9.17) is 4.74 Å². The normalized spacial score (nSPS) is 10.1. The molecule has 94 valence electrons. The number of rotatable bonds is 5. The van der Waals surface area contributed by atoms with Gasteiger partial charge in [-0.15, -0.1) is 0 Å². The van der Waals surface area contributed by atoms with Gasteiger partial charge >= 0.3 is 0 Å². The molecule has 0 aliphatic heterocycles. The highest BCUT2D eigenvalue weighted by Crippen LogP contribution is 2.29. The number of nitrogens with zero attached hydrogens (tertiary/aromatic N) is 1. The molecule has 2 N–H and O–H groups in total. The summed E-state index contributed by atoms with van der Waals surface area (Å²) in [5, 5.41) is 13.8. The molecule has 1 aromatic carbocycles. The number of anilines is 1. The first kappa shape index (κ1) is 12.0. The summed E-state index contributed by atoms with van der Waals surface area (Å²) in [6.07, 6.45) is 3.68. The molecular weight excluding hydrogens is 234 g/mol. The van der Waals surface area contributed by atoms with Crippen LogP contribution in [0, 0.1) is 10.1 Å². The SMILES string of the molecule is COc1ccc([N+](=O)[O-])cc1NCc1cc[nH]c1. The third-order valence-electron chi connectivity index (χ3n) is 2.54. The predicted molar refractivity (Wildman–Crippen MR) is 67.8 cm³/mol. The van der Waals surface area contributed by atoms with Crippen LogP contribution in [0.15, 0.2) is 36.7 Å². The zero-order chi connectivity index (χ0) is 13.0. The molecule has 0 spiro atoms. The fraction of sp³-hybridized carbons (Fsp3) is 0.167. The van der Waals surface area contributed by atoms with Crippen LogP contribution in [0.4, 0.5) is 11.4 Å². The molecule has 0 aliphatic carbocycles. The van der Waals surface area contributed by atoms with Crippen LogP contribution in [-0.4, -0.2) is 17.0 Å². The summed E-state index contributed by atoms with van der Waals surface area (Å²) in [5.74, 6) is 0.580. The van der Waals surface area contributed by atoms with Crippen LogP contribution in [0.1, 0.15) is 5.56 Å². The molecule has 6 heteroatoms. The van der Waals surface area contributed by atoms with Crippen LogP contribution in [-0.2, 0) is 6.54 Å². The van der Waals surface area contributed by atoms with Crippen LogP contribution >= 0.6 is 0 Å². The lowest BCUT2D eigenvalue weighted by Crippen LogP contribution is -2.01. The molecule has 1 aromatic heterocycles. The van der Waals surface area contributed by atoms with E-state index in [-0.39, 0.29) is 5.69 Å². The van der Waals surface area contributed by atoms with Gasteiger partial charge in [-0.25, -0.2) is 0 Å². The minimum Gasteiger partial charge on any atom is -0.495 e. The number of hydrogen-bond acceptors (Lipinski definition) is 4. The second kappa shape index (κ2) is 5.22. The molecule has 0 atom stereocenters. The van der Waals surface area contributed by atoms with Gasteiger partial charge in [0.2, 0.25) is 0 Å². The molecule has 1 heterocycles. The van der Waals surface area contributed by atoms with E-state index in [1.807, 2.05) is 18.5 Å². The van der Waals surface area contributed by atoms with E-state index in [9.17, 15) is 10.1 Å². The number of nitro benzene ring substituents is 1. The number of benzene rings is 1. The van der Waals surface area contributed by atoms with Crippen molar-refractivity contribution < 1.29 is 9.66 Å². The molecule has 0 saturated carbocycles. The lowest BCUT2D eigenvalue weighted by Gasteiger charge is -2.10. The summed E-state index contributed by atoms with van der Waals surface area (Å²) in [7, 11) is 1.53. The number of hydrogen-bond donors (Lipinski definition) is 2. The summed E-state index contributed by atoms with van der Waals surface area (Å²) < 4.78 is 5.16. The highest BCUT2D eigenvalue weighted by Gasteiger charge is 2.10. The lowest BCUT2D eigenvalue weighted by atomic mass is 10.2. The highest BCUT2D eigenvalue weighted by atomic mass is 16.6. The average molecular weight is 247 g/mol. The zero-order valence-corrected chi connectivity index (χ0v) is 9.84. The second-order valence-electron chi connectivity index (χ2n) is 3.71. The van der Waals surface area contributed by atoms with Crippen LogP contribution in [0.2, 0.25) is 0 Å². The molecule has 0 aliphatic rings. The van der Waals surface area contributed by atoms with Gasteiger partial charge in [0, 0.05) is 31.1 Å². The first-order valence-corrected chi connectivity index (χ1v) is 5.38. The van der Waals surface area contributed by atoms with Crippen LogP contribution < -0.4 is 10.1 Å². The van der Waals surface area contributed by atoms with Gasteiger partial charge in [-0.05, 0) is 17.7 Å². The lowest BCUT2D eigenvalue weighted by molar-refractivity contribution is -0.384. The third-order valence-corrected chi connectivity index (χ3v) is 2.54. The van der Waals surface area contributed by atoms with Gasteiger partial charge in [-0.2, -0.15) is 0 Å². The van der Waals surface area contributed by atoms with Crippen molar-refractivity contribution in [2.75, 3.05) is 12.4 Å². The average Bonchev–Trinajstić information content (AvgIpc) is 2.89.